The molecular weight excluding hydrogens is 230 g/mol. The highest BCUT2D eigenvalue weighted by molar-refractivity contribution is 5.96. The maximum Gasteiger partial charge on any atom is 0.319 e. The molecule has 0 aliphatic rings. The first kappa shape index (κ1) is 12.0. The number of hydrogen-bond acceptors (Lipinski definition) is 3. The molecular formula is C12H15N5O. The van der Waals surface area contributed by atoms with Crippen LogP contribution in [0.3, 0.4) is 0 Å². The highest BCUT2D eigenvalue weighted by Gasteiger charge is 2.15. The molecule has 0 saturated heterocycles. The molecule has 0 radical (unpaired) electrons. The van der Waals surface area contributed by atoms with Gasteiger partial charge in [0.15, 0.2) is 0 Å². The molecule has 0 aliphatic carbocycles. The Bertz CT molecular complexity index is 590. The highest BCUT2D eigenvalue weighted by Crippen LogP contribution is 2.33. The number of aryl methyl sites for hydroxylation is 1. The average molecular weight is 245 g/mol. The minimum atomic E-state index is -0.523. The lowest BCUT2D eigenvalue weighted by atomic mass is 10.1. The van der Waals surface area contributed by atoms with Gasteiger partial charge >= 0.3 is 6.03 Å². The lowest BCUT2D eigenvalue weighted by molar-refractivity contribution is 0.255. The van der Waals surface area contributed by atoms with Crippen molar-refractivity contribution in [2.75, 3.05) is 17.7 Å². The Morgan fingerprint density at radius 1 is 1.33 bits per heavy atom. The smallest absolute Gasteiger partial charge is 0.319 e. The van der Waals surface area contributed by atoms with E-state index in [9.17, 15) is 4.79 Å². The summed E-state index contributed by atoms with van der Waals surface area (Å²) in [4.78, 5) is 12.6. The summed E-state index contributed by atoms with van der Waals surface area (Å²) in [5.41, 5.74) is 13.5. The first-order valence-electron chi connectivity index (χ1n) is 5.42. The molecule has 2 aromatic rings. The number of benzene rings is 1. The molecule has 4 N–H and O–H groups in total. The van der Waals surface area contributed by atoms with Crippen LogP contribution in [0.4, 0.5) is 16.3 Å². The van der Waals surface area contributed by atoms with Gasteiger partial charge in [-0.1, -0.05) is 18.2 Å². The van der Waals surface area contributed by atoms with Gasteiger partial charge in [0, 0.05) is 25.2 Å². The van der Waals surface area contributed by atoms with Gasteiger partial charge in [0.25, 0.3) is 0 Å². The van der Waals surface area contributed by atoms with Gasteiger partial charge in [0.2, 0.25) is 0 Å². The number of para-hydroxylation sites is 1. The molecule has 0 unspecified atom stereocenters. The molecule has 18 heavy (non-hydrogen) atoms. The molecule has 0 saturated carbocycles. The third kappa shape index (κ3) is 1.88. The first-order chi connectivity index (χ1) is 8.52. The number of carbonyl (C=O) groups is 1. The number of carbonyl (C=O) groups excluding carboxylic acids is 1. The molecule has 0 spiro atoms. The van der Waals surface area contributed by atoms with Gasteiger partial charge in [-0.15, -0.1) is 0 Å². The van der Waals surface area contributed by atoms with Gasteiger partial charge in [0.05, 0.1) is 11.9 Å². The minimum Gasteiger partial charge on any atom is -0.383 e. The fourth-order valence-corrected chi connectivity index (χ4v) is 1.77. The van der Waals surface area contributed by atoms with Crippen LogP contribution in [0.2, 0.25) is 0 Å². The monoisotopic (exact) mass is 245 g/mol. The van der Waals surface area contributed by atoms with E-state index in [0.29, 0.717) is 11.5 Å². The van der Waals surface area contributed by atoms with E-state index in [1.807, 2.05) is 24.3 Å². The van der Waals surface area contributed by atoms with E-state index in [1.54, 1.807) is 25.0 Å². The van der Waals surface area contributed by atoms with Gasteiger partial charge in [-0.2, -0.15) is 5.10 Å². The largest absolute Gasteiger partial charge is 0.383 e. The molecule has 2 rings (SSSR count). The fourth-order valence-electron chi connectivity index (χ4n) is 1.77. The second kappa shape index (κ2) is 4.40. The highest BCUT2D eigenvalue weighted by atomic mass is 16.2. The molecule has 1 aromatic heterocycles. The topological polar surface area (TPSA) is 90.2 Å². The number of rotatable bonds is 2. The molecule has 94 valence electrons. The van der Waals surface area contributed by atoms with E-state index in [1.165, 1.54) is 4.90 Å². The van der Waals surface area contributed by atoms with Crippen molar-refractivity contribution in [2.45, 2.75) is 0 Å². The Kier molecular flexibility index (Phi) is 2.93. The molecule has 0 fully saturated rings. The number of urea groups is 1. The normalized spacial score (nSPS) is 10.3. The Morgan fingerprint density at radius 2 is 2.00 bits per heavy atom. The summed E-state index contributed by atoms with van der Waals surface area (Å²) < 4.78 is 1.58. The van der Waals surface area contributed by atoms with Crippen molar-refractivity contribution in [3.8, 4) is 11.1 Å². The summed E-state index contributed by atoms with van der Waals surface area (Å²) >= 11 is 0. The van der Waals surface area contributed by atoms with Crippen molar-refractivity contribution in [2.24, 2.45) is 12.8 Å². The second-order valence-corrected chi connectivity index (χ2v) is 3.98. The maximum atomic E-state index is 11.3. The van der Waals surface area contributed by atoms with E-state index in [2.05, 4.69) is 5.10 Å². The van der Waals surface area contributed by atoms with E-state index in [0.717, 1.165) is 11.1 Å². The van der Waals surface area contributed by atoms with Gasteiger partial charge in [-0.25, -0.2) is 4.79 Å². The van der Waals surface area contributed by atoms with Crippen molar-refractivity contribution >= 4 is 17.5 Å². The Hall–Kier alpha value is -2.50. The van der Waals surface area contributed by atoms with Crippen molar-refractivity contribution in [1.29, 1.82) is 0 Å². The maximum absolute atomic E-state index is 11.3. The number of nitrogen functional groups attached to an aromatic ring is 1. The SMILES string of the molecule is CN(C(N)=O)c1ccccc1-c1cnn(C)c1N. The molecule has 6 nitrogen and oxygen atoms in total. The molecule has 0 atom stereocenters. The van der Waals surface area contributed by atoms with Crippen LogP contribution < -0.4 is 16.4 Å². The summed E-state index contributed by atoms with van der Waals surface area (Å²) in [5.74, 6) is 0.542. The number of aromatic nitrogens is 2. The summed E-state index contributed by atoms with van der Waals surface area (Å²) in [5, 5.41) is 4.09. The van der Waals surface area contributed by atoms with E-state index in [4.69, 9.17) is 11.5 Å². The van der Waals surface area contributed by atoms with Crippen LogP contribution in [-0.4, -0.2) is 22.9 Å². The first-order valence-corrected chi connectivity index (χ1v) is 5.42. The van der Waals surface area contributed by atoms with Crippen LogP contribution in [0.25, 0.3) is 11.1 Å². The zero-order valence-electron chi connectivity index (χ0n) is 10.3. The zero-order valence-corrected chi connectivity index (χ0v) is 10.3. The van der Waals surface area contributed by atoms with Crippen LogP contribution in [-0.2, 0) is 7.05 Å². The van der Waals surface area contributed by atoms with Crippen LogP contribution in [0.15, 0.2) is 30.5 Å². The molecule has 1 aromatic carbocycles. The lowest BCUT2D eigenvalue weighted by Gasteiger charge is -2.18. The fraction of sp³-hybridized carbons (Fsp3) is 0.167. The predicted octanol–water partition coefficient (Wildman–Crippen LogP) is 1.18. The Labute approximate surface area is 105 Å². The van der Waals surface area contributed by atoms with Crippen LogP contribution in [0.5, 0.6) is 0 Å². The number of amides is 2. The van der Waals surface area contributed by atoms with Crippen molar-refractivity contribution in [3.63, 3.8) is 0 Å². The van der Waals surface area contributed by atoms with Crippen LogP contribution in [0.1, 0.15) is 0 Å². The molecule has 2 amide bonds. The molecule has 1 heterocycles. The van der Waals surface area contributed by atoms with E-state index in [-0.39, 0.29) is 0 Å². The molecule has 0 aliphatic heterocycles. The molecule has 0 bridgehead atoms. The minimum absolute atomic E-state index is 0.523. The summed E-state index contributed by atoms with van der Waals surface area (Å²) in [7, 11) is 3.38. The van der Waals surface area contributed by atoms with Crippen molar-refractivity contribution in [3.05, 3.63) is 30.5 Å². The summed E-state index contributed by atoms with van der Waals surface area (Å²) in [6.45, 7) is 0. The van der Waals surface area contributed by atoms with Gasteiger partial charge < -0.3 is 11.5 Å². The Morgan fingerprint density at radius 3 is 2.56 bits per heavy atom. The third-order valence-corrected chi connectivity index (χ3v) is 2.87. The summed E-state index contributed by atoms with van der Waals surface area (Å²) in [6.07, 6.45) is 1.67. The number of primary amides is 1. The standard InChI is InChI=1S/C12H15N5O/c1-16(12(14)18)10-6-4-3-5-8(10)9-7-15-17(2)11(9)13/h3-7H,13H2,1-2H3,(H2,14,18). The van der Waals surface area contributed by atoms with E-state index < -0.39 is 6.03 Å². The predicted molar refractivity (Wildman–Crippen MR) is 71.0 cm³/mol. The van der Waals surface area contributed by atoms with Crippen LogP contribution in [0, 0.1) is 0 Å². The average Bonchev–Trinajstić information content (AvgIpc) is 2.69. The van der Waals surface area contributed by atoms with Crippen LogP contribution >= 0.6 is 0 Å². The third-order valence-electron chi connectivity index (χ3n) is 2.87. The van der Waals surface area contributed by atoms with E-state index >= 15 is 0 Å². The lowest BCUT2D eigenvalue weighted by Crippen LogP contribution is -2.32. The number of nitrogens with two attached hydrogens (primary N) is 2. The quantitative estimate of drug-likeness (QED) is 0.832. The molecule has 6 heteroatoms. The van der Waals surface area contributed by atoms with Gasteiger partial charge in [-0.3, -0.25) is 9.58 Å². The Balaban J connectivity index is 2.58. The van der Waals surface area contributed by atoms with Crippen molar-refractivity contribution < 1.29 is 4.79 Å². The summed E-state index contributed by atoms with van der Waals surface area (Å²) in [6, 6.07) is 6.88. The van der Waals surface area contributed by atoms with Crippen molar-refractivity contribution in [1.82, 2.24) is 9.78 Å². The van der Waals surface area contributed by atoms with Gasteiger partial charge in [-0.05, 0) is 6.07 Å². The zero-order chi connectivity index (χ0) is 13.3. The van der Waals surface area contributed by atoms with Gasteiger partial charge in [0.1, 0.15) is 5.82 Å². The number of anilines is 2. The number of hydrogen-bond donors (Lipinski definition) is 2. The number of nitrogens with zero attached hydrogens (tertiary/aromatic N) is 3. The second-order valence-electron chi connectivity index (χ2n) is 3.98.